The van der Waals surface area contributed by atoms with Crippen LogP contribution in [-0.2, 0) is 16.1 Å². The molecule has 1 saturated heterocycles. The number of carbonyl (C=O) groups excluding carboxylic acids is 3. The number of Topliss-reactive ketones (excluding diaryl/α,β-unsaturated/α-hetero) is 1. The van der Waals surface area contributed by atoms with E-state index in [4.69, 9.17) is 4.98 Å². The molecule has 1 aliphatic heterocycles. The first-order valence-corrected chi connectivity index (χ1v) is 14.5. The molecule has 0 unspecified atom stereocenters. The molecule has 3 atom stereocenters. The molecule has 1 fully saturated rings. The van der Waals surface area contributed by atoms with Crippen molar-refractivity contribution in [1.29, 1.82) is 0 Å². The summed E-state index contributed by atoms with van der Waals surface area (Å²) in [5.41, 5.74) is 2.71. The highest BCUT2D eigenvalue weighted by Crippen LogP contribution is 2.49. The molecule has 13 heteroatoms. The van der Waals surface area contributed by atoms with Crippen molar-refractivity contribution in [3.05, 3.63) is 69.9 Å². The van der Waals surface area contributed by atoms with Gasteiger partial charge in [0.2, 0.25) is 11.8 Å². The number of ketones is 1. The third kappa shape index (κ3) is 4.90. The highest BCUT2D eigenvalue weighted by Gasteiger charge is 2.55. The maximum atomic E-state index is 14.0. The summed E-state index contributed by atoms with van der Waals surface area (Å²) in [5, 5.41) is 7.88. The van der Waals surface area contributed by atoms with E-state index >= 15 is 0 Å². The third-order valence-electron chi connectivity index (χ3n) is 8.16. The first kappa shape index (κ1) is 28.7. The van der Waals surface area contributed by atoms with E-state index in [1.807, 2.05) is 19.1 Å². The van der Waals surface area contributed by atoms with E-state index in [1.165, 1.54) is 17.7 Å². The Bertz CT molecular complexity index is 1870. The highest BCUT2D eigenvalue weighted by atomic mass is 79.9. The van der Waals surface area contributed by atoms with Gasteiger partial charge in [-0.05, 0) is 60.8 Å². The van der Waals surface area contributed by atoms with Crippen molar-refractivity contribution < 1.29 is 18.8 Å². The molecule has 43 heavy (non-hydrogen) atoms. The maximum Gasteiger partial charge on any atom is 0.248 e. The Kier molecular flexibility index (Phi) is 6.95. The zero-order valence-electron chi connectivity index (χ0n) is 24.1. The fraction of sp³-hybridized carbons (Fsp3) is 0.333. The van der Waals surface area contributed by atoms with E-state index in [1.54, 1.807) is 44.1 Å². The average molecular weight is 648 g/mol. The van der Waals surface area contributed by atoms with Gasteiger partial charge in [-0.1, -0.05) is 19.1 Å². The normalized spacial score (nSPS) is 20.7. The Labute approximate surface area is 254 Å². The smallest absolute Gasteiger partial charge is 0.248 e. The molecule has 2 amide bonds. The van der Waals surface area contributed by atoms with Crippen LogP contribution in [0.5, 0.6) is 0 Å². The van der Waals surface area contributed by atoms with Crippen LogP contribution in [0.1, 0.15) is 47.8 Å². The van der Waals surface area contributed by atoms with Crippen molar-refractivity contribution >= 4 is 50.2 Å². The molecule has 1 aliphatic carbocycles. The number of pyridine rings is 2. The second kappa shape index (κ2) is 10.4. The number of hydrogen-bond acceptors (Lipinski definition) is 8. The standard InChI is InChI=1S/C30H28BrFN8O3/c1-14-8-20(32)27(31)36-28(14)37-29(43)22-10-30(5)7-6-23(30)40(22)24(42)13-39-26-15(2)35-21(18-11-33-17(4)34-12-18)9-19(26)25(38-39)16(3)41/h6-9,11-12,22-23H,10,13H2,1-5H3,(H,36,37,43)/t22-,23+,30+/m0/s1. The second-order valence-electron chi connectivity index (χ2n) is 11.3. The van der Waals surface area contributed by atoms with E-state index in [0.29, 0.717) is 45.7 Å². The van der Waals surface area contributed by atoms with Crippen LogP contribution in [0, 0.1) is 32.0 Å². The molecule has 11 nitrogen and oxygen atoms in total. The van der Waals surface area contributed by atoms with Gasteiger partial charge in [-0.15, -0.1) is 0 Å². The summed E-state index contributed by atoms with van der Waals surface area (Å²) in [5.74, 6) is -0.711. The molecule has 0 aromatic carbocycles. The molecule has 5 heterocycles. The number of halogens is 2. The van der Waals surface area contributed by atoms with E-state index < -0.39 is 17.8 Å². The third-order valence-corrected chi connectivity index (χ3v) is 8.71. The number of nitrogens with one attached hydrogen (secondary N) is 1. The molecule has 1 N–H and O–H groups in total. The molecule has 4 aromatic heterocycles. The second-order valence-corrected chi connectivity index (χ2v) is 12.1. The van der Waals surface area contributed by atoms with Gasteiger partial charge in [0.1, 0.15) is 34.5 Å². The number of aryl methyl sites for hydroxylation is 3. The first-order valence-electron chi connectivity index (χ1n) is 13.7. The van der Waals surface area contributed by atoms with Crippen LogP contribution < -0.4 is 5.32 Å². The summed E-state index contributed by atoms with van der Waals surface area (Å²) < 4.78 is 15.4. The van der Waals surface area contributed by atoms with E-state index in [-0.39, 0.29) is 45.8 Å². The molecular weight excluding hydrogens is 619 g/mol. The molecular formula is C30H28BrFN8O3. The quantitative estimate of drug-likeness (QED) is 0.184. The average Bonchev–Trinajstić information content (AvgIpc) is 3.41. The Morgan fingerprint density at radius 3 is 2.51 bits per heavy atom. The van der Waals surface area contributed by atoms with Crippen LogP contribution in [0.15, 0.2) is 41.3 Å². The van der Waals surface area contributed by atoms with Crippen molar-refractivity contribution in [3.63, 3.8) is 0 Å². The molecule has 0 saturated carbocycles. The predicted molar refractivity (Wildman–Crippen MR) is 160 cm³/mol. The number of fused-ring (bicyclic) bond motifs is 2. The van der Waals surface area contributed by atoms with Gasteiger partial charge in [0.15, 0.2) is 11.6 Å². The lowest BCUT2D eigenvalue weighted by Crippen LogP contribution is -2.50. The number of anilines is 1. The van der Waals surface area contributed by atoms with Gasteiger partial charge in [-0.2, -0.15) is 5.10 Å². The molecule has 0 spiro atoms. The van der Waals surface area contributed by atoms with Crippen molar-refractivity contribution in [3.8, 4) is 11.3 Å². The molecule has 220 valence electrons. The number of likely N-dealkylation sites (tertiary alicyclic amines) is 1. The van der Waals surface area contributed by atoms with Gasteiger partial charge in [-0.25, -0.2) is 19.3 Å². The number of amides is 2. The summed E-state index contributed by atoms with van der Waals surface area (Å²) in [6.45, 7) is 8.45. The fourth-order valence-corrected chi connectivity index (χ4v) is 6.20. The summed E-state index contributed by atoms with van der Waals surface area (Å²) in [7, 11) is 0. The minimum atomic E-state index is -0.802. The summed E-state index contributed by atoms with van der Waals surface area (Å²) >= 11 is 3.06. The Morgan fingerprint density at radius 1 is 1.14 bits per heavy atom. The van der Waals surface area contributed by atoms with Gasteiger partial charge in [0.05, 0.1) is 22.9 Å². The Hall–Kier alpha value is -4.39. The van der Waals surface area contributed by atoms with Crippen molar-refractivity contribution in [2.24, 2.45) is 5.41 Å². The van der Waals surface area contributed by atoms with Crippen molar-refractivity contribution in [2.45, 2.75) is 59.7 Å². The lowest BCUT2D eigenvalue weighted by Gasteiger charge is -2.38. The Balaban J connectivity index is 1.33. The van der Waals surface area contributed by atoms with Crippen molar-refractivity contribution in [2.75, 3.05) is 5.32 Å². The van der Waals surface area contributed by atoms with E-state index in [9.17, 15) is 18.8 Å². The first-order chi connectivity index (χ1) is 20.4. The van der Waals surface area contributed by atoms with Gasteiger partial charge < -0.3 is 10.2 Å². The zero-order valence-corrected chi connectivity index (χ0v) is 25.7. The molecule has 2 aliphatic rings. The number of rotatable bonds is 6. The highest BCUT2D eigenvalue weighted by molar-refractivity contribution is 9.10. The molecule has 0 bridgehead atoms. The van der Waals surface area contributed by atoms with Crippen LogP contribution in [0.2, 0.25) is 0 Å². The molecule has 0 radical (unpaired) electrons. The Morgan fingerprint density at radius 2 is 1.86 bits per heavy atom. The monoisotopic (exact) mass is 646 g/mol. The van der Waals surface area contributed by atoms with E-state index in [0.717, 1.165) is 0 Å². The minimum Gasteiger partial charge on any atom is -0.322 e. The van der Waals surface area contributed by atoms with Gasteiger partial charge in [0, 0.05) is 35.7 Å². The van der Waals surface area contributed by atoms with Crippen LogP contribution in [0.4, 0.5) is 10.2 Å². The topological polar surface area (TPSA) is 136 Å². The van der Waals surface area contributed by atoms with Crippen LogP contribution >= 0.6 is 15.9 Å². The SMILES string of the molecule is CC(=O)c1nn(CC(=O)N2[C@H](C(=O)Nc3nc(Br)c(F)cc3C)C[C@@]3(C)C=C[C@@H]23)c2c(C)nc(-c3cnc(C)nc3)cc12. The number of nitrogens with zero attached hydrogens (tertiary/aromatic N) is 7. The predicted octanol–water partition coefficient (Wildman–Crippen LogP) is 4.50. The zero-order chi connectivity index (χ0) is 30.8. The fourth-order valence-electron chi connectivity index (χ4n) is 5.90. The number of carbonyl (C=O) groups is 3. The summed E-state index contributed by atoms with van der Waals surface area (Å²) in [4.78, 5) is 59.1. The number of aromatic nitrogens is 6. The minimum absolute atomic E-state index is 0.0182. The lowest BCUT2D eigenvalue weighted by atomic mass is 9.73. The largest absolute Gasteiger partial charge is 0.322 e. The van der Waals surface area contributed by atoms with Gasteiger partial charge in [0.25, 0.3) is 0 Å². The number of hydrogen-bond donors (Lipinski definition) is 1. The van der Waals surface area contributed by atoms with Gasteiger partial charge >= 0.3 is 0 Å². The maximum absolute atomic E-state index is 14.0. The summed E-state index contributed by atoms with van der Waals surface area (Å²) in [6, 6.07) is 1.95. The molecule has 4 aromatic rings. The van der Waals surface area contributed by atoms with Crippen LogP contribution in [0.25, 0.3) is 22.2 Å². The molecule has 6 rings (SSSR count). The van der Waals surface area contributed by atoms with Gasteiger partial charge in [-0.3, -0.25) is 24.0 Å². The summed E-state index contributed by atoms with van der Waals surface area (Å²) in [6.07, 6.45) is 7.66. The van der Waals surface area contributed by atoms with Crippen molar-refractivity contribution in [1.82, 2.24) is 34.6 Å². The van der Waals surface area contributed by atoms with Crippen LogP contribution in [0.3, 0.4) is 0 Å². The lowest BCUT2D eigenvalue weighted by molar-refractivity contribution is -0.139. The van der Waals surface area contributed by atoms with Crippen LogP contribution in [-0.4, -0.2) is 64.3 Å². The van der Waals surface area contributed by atoms with E-state index in [2.05, 4.69) is 41.3 Å².